The van der Waals surface area contributed by atoms with Gasteiger partial charge in [-0.2, -0.15) is 0 Å². The highest BCUT2D eigenvalue weighted by Gasteiger charge is 2.37. The van der Waals surface area contributed by atoms with Crippen molar-refractivity contribution in [2.45, 2.75) is 57.2 Å². The molecule has 2 saturated heterocycles. The summed E-state index contributed by atoms with van der Waals surface area (Å²) in [6.45, 7) is 3.24. The maximum Gasteiger partial charge on any atom is 0.123 e. The Hall–Kier alpha value is -1.09. The third-order valence-electron chi connectivity index (χ3n) is 4.59. The van der Waals surface area contributed by atoms with Crippen molar-refractivity contribution in [2.75, 3.05) is 11.4 Å². The number of piperidine rings is 2. The molecule has 2 aliphatic heterocycles. The van der Waals surface area contributed by atoms with Gasteiger partial charge in [-0.05, 0) is 62.9 Å². The minimum atomic E-state index is -0.142. The first-order valence-electron chi connectivity index (χ1n) is 7.55. The zero-order valence-corrected chi connectivity index (χ0v) is 11.6. The molecule has 0 amide bonds. The van der Waals surface area contributed by atoms with E-state index in [0.29, 0.717) is 18.1 Å². The molecule has 104 valence electrons. The fourth-order valence-corrected chi connectivity index (χ4v) is 3.87. The number of benzene rings is 1. The summed E-state index contributed by atoms with van der Waals surface area (Å²) in [4.78, 5) is 2.55. The van der Waals surface area contributed by atoms with Crippen molar-refractivity contribution < 1.29 is 4.39 Å². The Morgan fingerprint density at radius 2 is 1.79 bits per heavy atom. The molecule has 0 spiro atoms. The summed E-state index contributed by atoms with van der Waals surface area (Å²) < 4.78 is 13.1. The number of hydrogen-bond acceptors (Lipinski definition) is 2. The zero-order valence-electron chi connectivity index (χ0n) is 11.6. The van der Waals surface area contributed by atoms with Crippen molar-refractivity contribution in [3.05, 3.63) is 30.1 Å². The lowest BCUT2D eigenvalue weighted by atomic mass is 9.81. The number of nitrogens with zero attached hydrogens (tertiary/aromatic N) is 1. The molecule has 0 saturated carbocycles. The van der Waals surface area contributed by atoms with E-state index in [0.717, 1.165) is 6.54 Å². The molecule has 1 aromatic carbocycles. The number of anilines is 1. The van der Waals surface area contributed by atoms with Gasteiger partial charge in [-0.25, -0.2) is 4.39 Å². The summed E-state index contributed by atoms with van der Waals surface area (Å²) in [5.41, 5.74) is 1.20. The fourth-order valence-electron chi connectivity index (χ4n) is 3.87. The molecule has 2 heterocycles. The molecule has 3 heteroatoms. The average molecular weight is 262 g/mol. The van der Waals surface area contributed by atoms with Crippen LogP contribution in [0.4, 0.5) is 10.1 Å². The lowest BCUT2D eigenvalue weighted by Gasteiger charge is -2.50. The molecular formula is C16H23FN2. The number of halogens is 1. The highest BCUT2D eigenvalue weighted by molar-refractivity contribution is 5.49. The Balaban J connectivity index is 1.80. The van der Waals surface area contributed by atoms with E-state index in [1.807, 2.05) is 12.1 Å². The predicted octanol–water partition coefficient (Wildman–Crippen LogP) is 3.33. The second-order valence-electron chi connectivity index (χ2n) is 5.85. The number of nitrogens with one attached hydrogen (secondary N) is 1. The molecule has 2 fully saturated rings. The molecule has 2 nitrogen and oxygen atoms in total. The van der Waals surface area contributed by atoms with Crippen LogP contribution in [0.15, 0.2) is 24.3 Å². The monoisotopic (exact) mass is 262 g/mol. The molecule has 2 bridgehead atoms. The quantitative estimate of drug-likeness (QED) is 0.899. The molecular weight excluding hydrogens is 239 g/mol. The van der Waals surface area contributed by atoms with Gasteiger partial charge in [-0.3, -0.25) is 0 Å². The predicted molar refractivity (Wildman–Crippen MR) is 77.0 cm³/mol. The third kappa shape index (κ3) is 2.62. The molecule has 1 aromatic rings. The topological polar surface area (TPSA) is 15.3 Å². The van der Waals surface area contributed by atoms with Crippen LogP contribution in [0.25, 0.3) is 0 Å². The van der Waals surface area contributed by atoms with Gasteiger partial charge in [-0.15, -0.1) is 0 Å². The number of hydrogen-bond donors (Lipinski definition) is 1. The maximum absolute atomic E-state index is 13.1. The normalized spacial score (nSPS) is 30.4. The van der Waals surface area contributed by atoms with Crippen molar-refractivity contribution in [2.24, 2.45) is 0 Å². The van der Waals surface area contributed by atoms with Gasteiger partial charge in [0.05, 0.1) is 0 Å². The van der Waals surface area contributed by atoms with Gasteiger partial charge in [-0.1, -0.05) is 6.92 Å². The largest absolute Gasteiger partial charge is 0.365 e. The van der Waals surface area contributed by atoms with Gasteiger partial charge in [0, 0.05) is 23.8 Å². The van der Waals surface area contributed by atoms with Crippen LogP contribution in [0.3, 0.4) is 0 Å². The van der Waals surface area contributed by atoms with Gasteiger partial charge >= 0.3 is 0 Å². The summed E-state index contributed by atoms with van der Waals surface area (Å²) >= 11 is 0. The zero-order chi connectivity index (χ0) is 13.2. The molecule has 2 atom stereocenters. The first kappa shape index (κ1) is 12.9. The standard InChI is InChI=1S/C16H23FN2/c1-2-18-13-10-15-4-3-5-16(11-13)19(15)14-8-6-12(17)7-9-14/h6-9,13,15-16,18H,2-5,10-11H2,1H3. The first-order valence-corrected chi connectivity index (χ1v) is 7.55. The van der Waals surface area contributed by atoms with Crippen molar-refractivity contribution in [3.8, 4) is 0 Å². The third-order valence-corrected chi connectivity index (χ3v) is 4.59. The summed E-state index contributed by atoms with van der Waals surface area (Å²) in [6.07, 6.45) is 6.33. The van der Waals surface area contributed by atoms with E-state index in [2.05, 4.69) is 17.1 Å². The second-order valence-corrected chi connectivity index (χ2v) is 5.85. The summed E-state index contributed by atoms with van der Waals surface area (Å²) in [6, 6.07) is 8.96. The maximum atomic E-state index is 13.1. The van der Waals surface area contributed by atoms with E-state index in [4.69, 9.17) is 0 Å². The van der Waals surface area contributed by atoms with Gasteiger partial charge in [0.1, 0.15) is 5.82 Å². The Kier molecular flexibility index (Phi) is 3.74. The van der Waals surface area contributed by atoms with Crippen LogP contribution in [0, 0.1) is 5.82 Å². The molecule has 2 aliphatic rings. The average Bonchev–Trinajstić information content (AvgIpc) is 2.39. The van der Waals surface area contributed by atoms with Crippen LogP contribution in [-0.2, 0) is 0 Å². The van der Waals surface area contributed by atoms with Crippen molar-refractivity contribution in [3.63, 3.8) is 0 Å². The minimum absolute atomic E-state index is 0.142. The van der Waals surface area contributed by atoms with Gasteiger partial charge < -0.3 is 10.2 Å². The molecule has 2 unspecified atom stereocenters. The molecule has 0 aromatic heterocycles. The highest BCUT2D eigenvalue weighted by Crippen LogP contribution is 2.37. The van der Waals surface area contributed by atoms with Crippen LogP contribution in [0.5, 0.6) is 0 Å². The highest BCUT2D eigenvalue weighted by atomic mass is 19.1. The van der Waals surface area contributed by atoms with E-state index in [1.54, 1.807) is 12.1 Å². The van der Waals surface area contributed by atoms with Crippen LogP contribution in [0.1, 0.15) is 39.0 Å². The molecule has 3 rings (SSSR count). The molecule has 0 aliphatic carbocycles. The molecule has 1 N–H and O–H groups in total. The smallest absolute Gasteiger partial charge is 0.123 e. The van der Waals surface area contributed by atoms with E-state index in [1.165, 1.54) is 37.8 Å². The summed E-state index contributed by atoms with van der Waals surface area (Å²) in [7, 11) is 0. The number of rotatable bonds is 3. The fraction of sp³-hybridized carbons (Fsp3) is 0.625. The van der Waals surface area contributed by atoms with E-state index < -0.39 is 0 Å². The molecule has 19 heavy (non-hydrogen) atoms. The Morgan fingerprint density at radius 3 is 2.37 bits per heavy atom. The van der Waals surface area contributed by atoms with Gasteiger partial charge in [0.2, 0.25) is 0 Å². The summed E-state index contributed by atoms with van der Waals surface area (Å²) in [5, 5.41) is 3.61. The number of fused-ring (bicyclic) bond motifs is 2. The van der Waals surface area contributed by atoms with Crippen molar-refractivity contribution in [1.29, 1.82) is 0 Å². The Morgan fingerprint density at radius 1 is 1.16 bits per heavy atom. The lowest BCUT2D eigenvalue weighted by Crippen LogP contribution is -2.56. The molecule has 0 radical (unpaired) electrons. The second kappa shape index (κ2) is 5.49. The van der Waals surface area contributed by atoms with E-state index in [9.17, 15) is 4.39 Å². The van der Waals surface area contributed by atoms with Crippen molar-refractivity contribution in [1.82, 2.24) is 5.32 Å². The van der Waals surface area contributed by atoms with Gasteiger partial charge in [0.15, 0.2) is 0 Å². The van der Waals surface area contributed by atoms with Crippen LogP contribution in [0.2, 0.25) is 0 Å². The first-order chi connectivity index (χ1) is 9.28. The van der Waals surface area contributed by atoms with Crippen LogP contribution in [-0.4, -0.2) is 24.7 Å². The van der Waals surface area contributed by atoms with Crippen LogP contribution < -0.4 is 10.2 Å². The summed E-state index contributed by atoms with van der Waals surface area (Å²) in [5.74, 6) is -0.142. The lowest BCUT2D eigenvalue weighted by molar-refractivity contribution is 0.247. The van der Waals surface area contributed by atoms with E-state index in [-0.39, 0.29) is 5.82 Å². The van der Waals surface area contributed by atoms with Crippen molar-refractivity contribution >= 4 is 5.69 Å². The van der Waals surface area contributed by atoms with E-state index >= 15 is 0 Å². The van der Waals surface area contributed by atoms with Gasteiger partial charge in [0.25, 0.3) is 0 Å². The Bertz CT molecular complexity index is 403. The minimum Gasteiger partial charge on any atom is -0.365 e. The SMILES string of the molecule is CCNC1CC2CCCC(C1)N2c1ccc(F)cc1. The van der Waals surface area contributed by atoms with Crippen LogP contribution >= 0.6 is 0 Å². The Labute approximate surface area is 115 Å².